The predicted octanol–water partition coefficient (Wildman–Crippen LogP) is 0.129. The van der Waals surface area contributed by atoms with Crippen LogP contribution in [0.15, 0.2) is 38.0 Å². The van der Waals surface area contributed by atoms with Gasteiger partial charge < -0.3 is 35.7 Å². The molecular formula is C17H32O10. The molecule has 0 aliphatic heterocycles. The molecule has 7 N–H and O–H groups in total. The van der Waals surface area contributed by atoms with E-state index in [0.29, 0.717) is 0 Å². The second-order valence-electron chi connectivity index (χ2n) is 4.47. The van der Waals surface area contributed by atoms with Crippen LogP contribution in [0.25, 0.3) is 0 Å². The van der Waals surface area contributed by atoms with Crippen molar-refractivity contribution in [3.8, 4) is 0 Å². The van der Waals surface area contributed by atoms with E-state index in [1.807, 2.05) is 0 Å². The van der Waals surface area contributed by atoms with Crippen LogP contribution in [0.4, 0.5) is 0 Å². The molecule has 0 amide bonds. The molecule has 0 rings (SSSR count). The summed E-state index contributed by atoms with van der Waals surface area (Å²) >= 11 is 0. The summed E-state index contributed by atoms with van der Waals surface area (Å²) in [6.45, 7) is 11.5. The lowest BCUT2D eigenvalue weighted by Crippen LogP contribution is -2.37. The monoisotopic (exact) mass is 396 g/mol. The number of hydrogen-bond acceptors (Lipinski definition) is 7. The van der Waals surface area contributed by atoms with Crippen molar-refractivity contribution in [3.63, 3.8) is 0 Å². The molecule has 160 valence electrons. The summed E-state index contributed by atoms with van der Waals surface area (Å²) in [7, 11) is 0. The van der Waals surface area contributed by atoms with Crippen LogP contribution in [0.2, 0.25) is 0 Å². The van der Waals surface area contributed by atoms with E-state index in [0.717, 1.165) is 18.2 Å². The van der Waals surface area contributed by atoms with Gasteiger partial charge in [0.05, 0.1) is 31.8 Å². The van der Waals surface area contributed by atoms with Crippen LogP contribution in [-0.2, 0) is 14.4 Å². The number of hydrogen-bond donors (Lipinski definition) is 7. The third-order valence-electron chi connectivity index (χ3n) is 1.87. The van der Waals surface area contributed by atoms with Crippen LogP contribution in [-0.4, -0.2) is 80.1 Å². The van der Waals surface area contributed by atoms with Gasteiger partial charge in [-0.15, -0.1) is 0 Å². The van der Waals surface area contributed by atoms with E-state index in [1.165, 1.54) is 6.42 Å². The number of carbonyl (C=O) groups is 3. The minimum absolute atomic E-state index is 0.406. The van der Waals surface area contributed by atoms with Crippen LogP contribution in [0.1, 0.15) is 20.3 Å². The quantitative estimate of drug-likeness (QED) is 0.291. The number of carboxylic acids is 3. The van der Waals surface area contributed by atoms with Crippen LogP contribution in [0.3, 0.4) is 0 Å². The Morgan fingerprint density at radius 3 is 0.778 bits per heavy atom. The van der Waals surface area contributed by atoms with E-state index < -0.39 is 49.8 Å². The zero-order chi connectivity index (χ0) is 22.9. The van der Waals surface area contributed by atoms with E-state index in [4.69, 9.17) is 35.7 Å². The maximum Gasteiger partial charge on any atom is 0.327 e. The summed E-state index contributed by atoms with van der Waals surface area (Å²) in [4.78, 5) is 27.8. The van der Waals surface area contributed by atoms with Gasteiger partial charge in [-0.3, -0.25) is 0 Å². The van der Waals surface area contributed by atoms with Crippen molar-refractivity contribution in [3.05, 3.63) is 38.0 Å². The lowest BCUT2D eigenvalue weighted by molar-refractivity contribution is -0.132. The van der Waals surface area contributed by atoms with Crippen molar-refractivity contribution >= 4 is 17.9 Å². The first-order valence-corrected chi connectivity index (χ1v) is 7.47. The van der Waals surface area contributed by atoms with E-state index in [-0.39, 0.29) is 0 Å². The van der Waals surface area contributed by atoms with Crippen molar-refractivity contribution in [2.24, 2.45) is 5.41 Å². The minimum Gasteiger partial charge on any atom is -0.478 e. The topological polar surface area (TPSA) is 193 Å². The van der Waals surface area contributed by atoms with Crippen molar-refractivity contribution in [1.29, 1.82) is 0 Å². The van der Waals surface area contributed by atoms with Gasteiger partial charge in [-0.05, 0) is 0 Å². The zero-order valence-corrected chi connectivity index (χ0v) is 15.7. The maximum atomic E-state index is 9.25. The standard InChI is InChI=1S/C5H12O4.3C3H4O2.C3H8/c6-1-5(2-7,3-8)4-9;3*1-2-3(4)5;1-3-2/h6-9H,1-4H2;3*2H,1H2,(H,4,5);3H2,1-2H3. The molecule has 0 atom stereocenters. The van der Waals surface area contributed by atoms with Crippen molar-refractivity contribution in [2.45, 2.75) is 20.3 Å². The van der Waals surface area contributed by atoms with Gasteiger partial charge in [-0.25, -0.2) is 14.4 Å². The molecule has 0 aromatic rings. The summed E-state index contributed by atoms with van der Waals surface area (Å²) in [6.07, 6.45) is 3.75. The van der Waals surface area contributed by atoms with Crippen molar-refractivity contribution in [1.82, 2.24) is 0 Å². The van der Waals surface area contributed by atoms with E-state index >= 15 is 0 Å². The fourth-order valence-corrected chi connectivity index (χ4v) is 0.300. The first-order valence-electron chi connectivity index (χ1n) is 7.47. The van der Waals surface area contributed by atoms with Crippen LogP contribution in [0.5, 0.6) is 0 Å². The van der Waals surface area contributed by atoms with E-state index in [2.05, 4.69) is 33.6 Å². The first kappa shape index (κ1) is 35.6. The molecule has 10 nitrogen and oxygen atoms in total. The Hall–Kier alpha value is -2.53. The highest BCUT2D eigenvalue weighted by Crippen LogP contribution is 2.11. The fourth-order valence-electron chi connectivity index (χ4n) is 0.300. The molecular weight excluding hydrogens is 364 g/mol. The number of aliphatic hydroxyl groups excluding tert-OH is 4. The Bertz CT molecular complexity index is 340. The molecule has 0 aliphatic carbocycles. The summed E-state index contributed by atoms with van der Waals surface area (Å²) in [5.74, 6) is -2.94. The Morgan fingerprint density at radius 2 is 0.778 bits per heavy atom. The van der Waals surface area contributed by atoms with Crippen molar-refractivity contribution < 1.29 is 50.1 Å². The van der Waals surface area contributed by atoms with Crippen LogP contribution in [0, 0.1) is 5.41 Å². The number of rotatable bonds is 7. The Kier molecular flexibility index (Phi) is 37.2. The highest BCUT2D eigenvalue weighted by atomic mass is 16.4. The molecule has 0 saturated heterocycles. The second kappa shape index (κ2) is 28.3. The van der Waals surface area contributed by atoms with Gasteiger partial charge in [0.1, 0.15) is 0 Å². The Morgan fingerprint density at radius 1 is 0.667 bits per heavy atom. The molecule has 27 heavy (non-hydrogen) atoms. The smallest absolute Gasteiger partial charge is 0.327 e. The molecule has 0 aliphatic rings. The van der Waals surface area contributed by atoms with Crippen LogP contribution >= 0.6 is 0 Å². The summed E-state index contributed by atoms with van der Waals surface area (Å²) < 4.78 is 0. The third kappa shape index (κ3) is 45.2. The molecule has 0 spiro atoms. The lowest BCUT2D eigenvalue weighted by atomic mass is 9.93. The molecule has 0 fully saturated rings. The summed E-state index contributed by atoms with van der Waals surface area (Å²) in [5.41, 5.74) is -1.11. The summed E-state index contributed by atoms with van der Waals surface area (Å²) in [6, 6.07) is 0. The number of aliphatic carboxylic acids is 3. The maximum absolute atomic E-state index is 9.25. The molecule has 0 aromatic carbocycles. The second-order valence-corrected chi connectivity index (χ2v) is 4.47. The lowest BCUT2D eigenvalue weighted by Gasteiger charge is -2.23. The largest absolute Gasteiger partial charge is 0.478 e. The summed E-state index contributed by atoms with van der Waals surface area (Å²) in [5, 5.41) is 56.8. The van der Waals surface area contributed by atoms with Gasteiger partial charge in [0.2, 0.25) is 0 Å². The van der Waals surface area contributed by atoms with Crippen LogP contribution < -0.4 is 0 Å². The van der Waals surface area contributed by atoms with Crippen molar-refractivity contribution in [2.75, 3.05) is 26.4 Å². The highest BCUT2D eigenvalue weighted by Gasteiger charge is 2.26. The molecule has 0 heterocycles. The minimum atomic E-state index is -1.11. The Labute approximate surface area is 159 Å². The first-order chi connectivity index (χ1) is 12.5. The third-order valence-corrected chi connectivity index (χ3v) is 1.87. The average Bonchev–Trinajstić information content (AvgIpc) is 2.66. The zero-order valence-electron chi connectivity index (χ0n) is 15.7. The van der Waals surface area contributed by atoms with Gasteiger partial charge in [-0.2, -0.15) is 0 Å². The Balaban J connectivity index is -0.0000000787. The average molecular weight is 396 g/mol. The molecule has 0 radical (unpaired) electrons. The molecule has 0 aromatic heterocycles. The normalized spacial score (nSPS) is 8.22. The van der Waals surface area contributed by atoms with Gasteiger partial charge in [0.15, 0.2) is 0 Å². The molecule has 0 saturated carbocycles. The van der Waals surface area contributed by atoms with Gasteiger partial charge in [0, 0.05) is 18.2 Å². The van der Waals surface area contributed by atoms with Gasteiger partial charge in [-0.1, -0.05) is 40.0 Å². The van der Waals surface area contributed by atoms with E-state index in [1.54, 1.807) is 0 Å². The van der Waals surface area contributed by atoms with Gasteiger partial charge in [0.25, 0.3) is 0 Å². The number of aliphatic hydroxyl groups is 4. The highest BCUT2D eigenvalue weighted by molar-refractivity contribution is 5.79. The molecule has 10 heteroatoms. The van der Waals surface area contributed by atoms with Gasteiger partial charge >= 0.3 is 17.9 Å². The molecule has 0 unspecified atom stereocenters. The SMILES string of the molecule is C=CC(=O)O.C=CC(=O)O.C=CC(=O)O.CCC.OCC(CO)(CO)CO. The predicted molar refractivity (Wildman–Crippen MR) is 100 cm³/mol. The fraction of sp³-hybridized carbons (Fsp3) is 0.471. The number of carboxylic acid groups (broad SMARTS) is 3. The molecule has 0 bridgehead atoms. The van der Waals surface area contributed by atoms with E-state index in [9.17, 15) is 14.4 Å².